The number of carbonyl (C=O) groups is 1. The van der Waals surface area contributed by atoms with E-state index in [4.69, 9.17) is 26.6 Å². The number of nitrogens with zero attached hydrogens (tertiary/aromatic N) is 5. The predicted octanol–water partition coefficient (Wildman–Crippen LogP) is 4.19. The SMILES string of the molecule is O=C(Nc1ccc(Nc2nc(N3CCCCC3)nc(N3CCCCC3)n2)cc1)c1cc(Cl)c[nH]c1=O. The van der Waals surface area contributed by atoms with Crippen molar-refractivity contribution in [1.82, 2.24) is 19.9 Å². The summed E-state index contributed by atoms with van der Waals surface area (Å²) in [5, 5.41) is 6.29. The van der Waals surface area contributed by atoms with Gasteiger partial charge in [0.1, 0.15) is 5.56 Å². The Balaban J connectivity index is 1.33. The number of anilines is 5. The lowest BCUT2D eigenvalue weighted by Gasteiger charge is -2.30. The second kappa shape index (κ2) is 10.9. The van der Waals surface area contributed by atoms with Gasteiger partial charge in [-0.2, -0.15) is 15.0 Å². The first-order chi connectivity index (χ1) is 17.5. The van der Waals surface area contributed by atoms with Crippen molar-refractivity contribution < 1.29 is 4.79 Å². The van der Waals surface area contributed by atoms with Crippen LogP contribution in [0.4, 0.5) is 29.2 Å². The Kier molecular flexibility index (Phi) is 7.31. The summed E-state index contributed by atoms with van der Waals surface area (Å²) in [6.07, 6.45) is 8.38. The molecule has 188 valence electrons. The maximum atomic E-state index is 12.5. The Morgan fingerprint density at radius 3 is 1.97 bits per heavy atom. The van der Waals surface area contributed by atoms with Crippen molar-refractivity contribution in [3.63, 3.8) is 0 Å². The van der Waals surface area contributed by atoms with E-state index in [0.717, 1.165) is 57.5 Å². The van der Waals surface area contributed by atoms with Crippen LogP contribution in [0.1, 0.15) is 48.9 Å². The molecule has 2 saturated heterocycles. The highest BCUT2D eigenvalue weighted by Gasteiger charge is 2.20. The Labute approximate surface area is 214 Å². The summed E-state index contributed by atoms with van der Waals surface area (Å²) in [4.78, 5) is 45.6. The maximum absolute atomic E-state index is 12.5. The Bertz CT molecular complexity index is 1230. The monoisotopic (exact) mass is 508 g/mol. The van der Waals surface area contributed by atoms with E-state index in [-0.39, 0.29) is 10.6 Å². The fourth-order valence-electron chi connectivity index (χ4n) is 4.47. The summed E-state index contributed by atoms with van der Waals surface area (Å²) in [7, 11) is 0. The number of H-pyrrole nitrogens is 1. The zero-order valence-electron chi connectivity index (χ0n) is 20.0. The molecule has 10 nitrogen and oxygen atoms in total. The number of aromatic nitrogens is 4. The average molecular weight is 509 g/mol. The van der Waals surface area contributed by atoms with Crippen molar-refractivity contribution in [2.24, 2.45) is 0 Å². The summed E-state index contributed by atoms with van der Waals surface area (Å²) in [6.45, 7) is 3.80. The van der Waals surface area contributed by atoms with Crippen LogP contribution in [0.2, 0.25) is 5.02 Å². The molecule has 0 unspecified atom stereocenters. The highest BCUT2D eigenvalue weighted by Crippen LogP contribution is 2.24. The van der Waals surface area contributed by atoms with E-state index in [0.29, 0.717) is 23.5 Å². The van der Waals surface area contributed by atoms with Crippen LogP contribution in [0.15, 0.2) is 41.3 Å². The number of piperidine rings is 2. The van der Waals surface area contributed by atoms with E-state index in [1.54, 1.807) is 12.1 Å². The summed E-state index contributed by atoms with van der Waals surface area (Å²) < 4.78 is 0. The summed E-state index contributed by atoms with van der Waals surface area (Å²) in [6, 6.07) is 8.48. The zero-order chi connectivity index (χ0) is 24.9. The molecule has 0 saturated carbocycles. The van der Waals surface area contributed by atoms with E-state index < -0.39 is 11.5 Å². The molecule has 2 aliphatic rings. The lowest BCUT2D eigenvalue weighted by atomic mass is 10.1. The van der Waals surface area contributed by atoms with Crippen LogP contribution in [0.5, 0.6) is 0 Å². The van der Waals surface area contributed by atoms with E-state index >= 15 is 0 Å². The number of nitrogens with one attached hydrogen (secondary N) is 3. The lowest BCUT2D eigenvalue weighted by molar-refractivity contribution is 0.102. The van der Waals surface area contributed by atoms with E-state index in [1.807, 2.05) is 12.1 Å². The van der Waals surface area contributed by atoms with E-state index in [1.165, 1.54) is 25.1 Å². The quantitative estimate of drug-likeness (QED) is 0.453. The number of pyridine rings is 1. The summed E-state index contributed by atoms with van der Waals surface area (Å²) in [5.41, 5.74) is 0.766. The summed E-state index contributed by atoms with van der Waals surface area (Å²) >= 11 is 5.90. The van der Waals surface area contributed by atoms with Crippen molar-refractivity contribution >= 4 is 46.7 Å². The molecule has 11 heteroatoms. The molecule has 2 aliphatic heterocycles. The van der Waals surface area contributed by atoms with Gasteiger partial charge in [0.2, 0.25) is 17.8 Å². The second-order valence-electron chi connectivity index (χ2n) is 9.07. The number of carbonyl (C=O) groups excluding carboxylic acids is 1. The van der Waals surface area contributed by atoms with Crippen LogP contribution in [0, 0.1) is 0 Å². The number of aromatic amines is 1. The number of benzene rings is 1. The molecule has 2 fully saturated rings. The van der Waals surface area contributed by atoms with Gasteiger partial charge in [-0.1, -0.05) is 11.6 Å². The van der Waals surface area contributed by atoms with Gasteiger partial charge in [-0.05, 0) is 68.9 Å². The van der Waals surface area contributed by atoms with Gasteiger partial charge in [-0.3, -0.25) is 9.59 Å². The molecule has 1 amide bonds. The molecule has 3 N–H and O–H groups in total. The van der Waals surface area contributed by atoms with E-state index in [9.17, 15) is 9.59 Å². The van der Waals surface area contributed by atoms with Gasteiger partial charge >= 0.3 is 0 Å². The number of halogens is 1. The fraction of sp³-hybridized carbons (Fsp3) is 0.400. The van der Waals surface area contributed by atoms with Gasteiger partial charge in [-0.25, -0.2) is 0 Å². The van der Waals surface area contributed by atoms with Crippen molar-refractivity contribution in [2.75, 3.05) is 46.6 Å². The molecular weight excluding hydrogens is 480 g/mol. The standard InChI is InChI=1S/C25H29ClN8O2/c26-17-15-20(21(35)27-16-17)22(36)28-18-7-9-19(10-8-18)29-23-30-24(33-11-3-1-4-12-33)32-25(31-23)34-13-5-2-6-14-34/h7-10,15-16H,1-6,11-14H2,(H,27,35)(H,28,36)(H,29,30,31,32). The largest absolute Gasteiger partial charge is 0.341 e. The third-order valence-electron chi connectivity index (χ3n) is 6.40. The number of rotatable bonds is 6. The Morgan fingerprint density at radius 2 is 1.39 bits per heavy atom. The minimum absolute atomic E-state index is 0.0506. The van der Waals surface area contributed by atoms with Gasteiger partial charge in [-0.15, -0.1) is 0 Å². The van der Waals surface area contributed by atoms with Crippen molar-refractivity contribution in [3.8, 4) is 0 Å². The number of hydrogen-bond acceptors (Lipinski definition) is 8. The molecule has 0 spiro atoms. The molecule has 5 rings (SSSR count). The topological polar surface area (TPSA) is 119 Å². The number of amides is 1. The third-order valence-corrected chi connectivity index (χ3v) is 6.62. The normalized spacial score (nSPS) is 16.0. The first-order valence-corrected chi connectivity index (χ1v) is 12.8. The molecular formula is C25H29ClN8O2. The van der Waals surface area contributed by atoms with Crippen LogP contribution in [-0.4, -0.2) is 52.0 Å². The minimum Gasteiger partial charge on any atom is -0.341 e. The third kappa shape index (κ3) is 5.76. The highest BCUT2D eigenvalue weighted by molar-refractivity contribution is 6.30. The van der Waals surface area contributed by atoms with Crippen LogP contribution in [0.3, 0.4) is 0 Å². The van der Waals surface area contributed by atoms with Gasteiger partial charge < -0.3 is 25.4 Å². The van der Waals surface area contributed by atoms with Crippen molar-refractivity contribution in [1.29, 1.82) is 0 Å². The van der Waals surface area contributed by atoms with Gasteiger partial charge in [0, 0.05) is 43.8 Å². The fourth-order valence-corrected chi connectivity index (χ4v) is 4.63. The average Bonchev–Trinajstić information content (AvgIpc) is 2.92. The molecule has 3 aromatic rings. The van der Waals surface area contributed by atoms with Crippen LogP contribution >= 0.6 is 11.6 Å². The molecule has 4 heterocycles. The predicted molar refractivity (Wildman–Crippen MR) is 142 cm³/mol. The minimum atomic E-state index is -0.533. The molecule has 0 atom stereocenters. The molecule has 2 aromatic heterocycles. The zero-order valence-corrected chi connectivity index (χ0v) is 20.7. The molecule has 1 aromatic carbocycles. The smallest absolute Gasteiger partial charge is 0.261 e. The molecule has 36 heavy (non-hydrogen) atoms. The van der Waals surface area contributed by atoms with Gasteiger partial charge in [0.05, 0.1) is 5.02 Å². The van der Waals surface area contributed by atoms with Gasteiger partial charge in [0.25, 0.3) is 11.5 Å². The number of hydrogen-bond donors (Lipinski definition) is 3. The summed E-state index contributed by atoms with van der Waals surface area (Å²) in [5.74, 6) is 1.38. The van der Waals surface area contributed by atoms with Crippen LogP contribution < -0.4 is 26.0 Å². The second-order valence-corrected chi connectivity index (χ2v) is 9.51. The first kappa shape index (κ1) is 24.1. The molecule has 0 bridgehead atoms. The first-order valence-electron chi connectivity index (χ1n) is 12.4. The van der Waals surface area contributed by atoms with Crippen molar-refractivity contribution in [3.05, 3.63) is 57.5 Å². The molecule has 0 radical (unpaired) electrons. The van der Waals surface area contributed by atoms with Crippen molar-refractivity contribution in [2.45, 2.75) is 38.5 Å². The Morgan fingerprint density at radius 1 is 0.833 bits per heavy atom. The maximum Gasteiger partial charge on any atom is 0.261 e. The van der Waals surface area contributed by atoms with Gasteiger partial charge in [0.15, 0.2) is 0 Å². The highest BCUT2D eigenvalue weighted by atomic mass is 35.5. The van der Waals surface area contributed by atoms with E-state index in [2.05, 4.69) is 25.4 Å². The van der Waals surface area contributed by atoms with Crippen LogP contribution in [-0.2, 0) is 0 Å². The lowest BCUT2D eigenvalue weighted by Crippen LogP contribution is -2.34. The van der Waals surface area contributed by atoms with Crippen LogP contribution in [0.25, 0.3) is 0 Å². The Hall–Kier alpha value is -3.66. The molecule has 0 aliphatic carbocycles.